The van der Waals surface area contributed by atoms with E-state index in [-0.39, 0.29) is 0 Å². The van der Waals surface area contributed by atoms with Gasteiger partial charge in [0.1, 0.15) is 0 Å². The quantitative estimate of drug-likeness (QED) is 0.797. The second kappa shape index (κ2) is 4.84. The highest BCUT2D eigenvalue weighted by atomic mass is 15.2. The molecule has 0 saturated carbocycles. The van der Waals surface area contributed by atoms with Crippen molar-refractivity contribution in [3.63, 3.8) is 0 Å². The minimum Gasteiger partial charge on any atom is -0.396 e. The van der Waals surface area contributed by atoms with Gasteiger partial charge in [-0.25, -0.2) is 0 Å². The maximum Gasteiger partial charge on any atom is 0.0738 e. The normalized spacial score (nSPS) is 10.6. The summed E-state index contributed by atoms with van der Waals surface area (Å²) in [6.07, 6.45) is 4.62. The van der Waals surface area contributed by atoms with E-state index in [1.807, 2.05) is 6.07 Å². The largest absolute Gasteiger partial charge is 0.396 e. The van der Waals surface area contributed by atoms with E-state index in [2.05, 4.69) is 30.7 Å². The summed E-state index contributed by atoms with van der Waals surface area (Å²) in [4.78, 5) is 6.30. The molecule has 0 aliphatic rings. The topological polar surface area (TPSA) is 42.2 Å². The van der Waals surface area contributed by atoms with Gasteiger partial charge in [-0.2, -0.15) is 0 Å². The van der Waals surface area contributed by atoms with Gasteiger partial charge in [0.15, 0.2) is 0 Å². The Balaban J connectivity index is 2.93. The monoisotopic (exact) mass is 193 g/mol. The van der Waals surface area contributed by atoms with Gasteiger partial charge in [-0.3, -0.25) is 4.98 Å². The second-order valence-corrected chi connectivity index (χ2v) is 3.72. The van der Waals surface area contributed by atoms with Gasteiger partial charge in [0, 0.05) is 18.8 Å². The fraction of sp³-hybridized carbons (Fsp3) is 0.545. The lowest BCUT2D eigenvalue weighted by Gasteiger charge is -2.29. The Morgan fingerprint density at radius 1 is 1.50 bits per heavy atom. The third-order valence-corrected chi connectivity index (χ3v) is 2.23. The zero-order valence-electron chi connectivity index (χ0n) is 9.20. The van der Waals surface area contributed by atoms with Crippen LogP contribution in [0.4, 0.5) is 11.4 Å². The van der Waals surface area contributed by atoms with Crippen LogP contribution in [0.5, 0.6) is 0 Å². The smallest absolute Gasteiger partial charge is 0.0738 e. The van der Waals surface area contributed by atoms with Crippen LogP contribution in [0.1, 0.15) is 27.2 Å². The Kier molecular flexibility index (Phi) is 3.74. The first-order valence-corrected chi connectivity index (χ1v) is 5.13. The number of hydrogen-bond donors (Lipinski definition) is 1. The summed E-state index contributed by atoms with van der Waals surface area (Å²) in [6.45, 7) is 7.56. The van der Waals surface area contributed by atoms with Crippen molar-refractivity contribution >= 4 is 11.4 Å². The molecule has 3 heteroatoms. The zero-order chi connectivity index (χ0) is 10.6. The summed E-state index contributed by atoms with van der Waals surface area (Å²) in [6, 6.07) is 2.45. The van der Waals surface area contributed by atoms with Gasteiger partial charge in [0.25, 0.3) is 0 Å². The number of hydrogen-bond acceptors (Lipinski definition) is 3. The summed E-state index contributed by atoms with van der Waals surface area (Å²) in [5, 5.41) is 0. The molecule has 0 fully saturated rings. The highest BCUT2D eigenvalue weighted by molar-refractivity contribution is 5.66. The Bertz CT molecular complexity index is 284. The third kappa shape index (κ3) is 2.37. The van der Waals surface area contributed by atoms with E-state index in [0.29, 0.717) is 6.04 Å². The van der Waals surface area contributed by atoms with E-state index in [1.165, 1.54) is 0 Å². The molecule has 0 aromatic carbocycles. The number of nitrogens with zero attached hydrogens (tertiary/aromatic N) is 2. The van der Waals surface area contributed by atoms with Gasteiger partial charge in [-0.1, -0.05) is 6.92 Å². The lowest BCUT2D eigenvalue weighted by molar-refractivity contribution is 0.671. The second-order valence-electron chi connectivity index (χ2n) is 3.72. The van der Waals surface area contributed by atoms with Gasteiger partial charge in [-0.05, 0) is 26.3 Å². The molecule has 3 nitrogen and oxygen atoms in total. The van der Waals surface area contributed by atoms with Crippen LogP contribution in [0.2, 0.25) is 0 Å². The van der Waals surface area contributed by atoms with Crippen molar-refractivity contribution < 1.29 is 0 Å². The predicted molar refractivity (Wildman–Crippen MR) is 61.4 cm³/mol. The van der Waals surface area contributed by atoms with E-state index in [0.717, 1.165) is 24.3 Å². The first kappa shape index (κ1) is 10.8. The van der Waals surface area contributed by atoms with Crippen LogP contribution < -0.4 is 10.6 Å². The lowest BCUT2D eigenvalue weighted by atomic mass is 10.2. The van der Waals surface area contributed by atoms with Crippen LogP contribution in [0.15, 0.2) is 18.5 Å². The molecule has 14 heavy (non-hydrogen) atoms. The van der Waals surface area contributed by atoms with Gasteiger partial charge in [0.05, 0.1) is 17.6 Å². The standard InChI is InChI=1S/C11H19N3/c1-4-7-14(9(2)3)11-5-6-13-8-10(11)12/h5-6,8-9H,4,7,12H2,1-3H3. The fourth-order valence-electron chi connectivity index (χ4n) is 1.56. The number of pyridine rings is 1. The molecular formula is C11H19N3. The molecule has 0 aliphatic heterocycles. The molecule has 78 valence electrons. The molecular weight excluding hydrogens is 174 g/mol. The first-order chi connectivity index (χ1) is 6.66. The minimum absolute atomic E-state index is 0.472. The Hall–Kier alpha value is -1.25. The Labute approximate surface area is 85.9 Å². The highest BCUT2D eigenvalue weighted by Gasteiger charge is 2.11. The molecule has 0 amide bonds. The van der Waals surface area contributed by atoms with Gasteiger partial charge < -0.3 is 10.6 Å². The Morgan fingerprint density at radius 2 is 2.21 bits per heavy atom. The lowest BCUT2D eigenvalue weighted by Crippen LogP contribution is -2.32. The molecule has 0 spiro atoms. The molecule has 1 rings (SSSR count). The predicted octanol–water partition coefficient (Wildman–Crippen LogP) is 2.29. The molecule has 0 aliphatic carbocycles. The molecule has 0 radical (unpaired) electrons. The van der Waals surface area contributed by atoms with Crippen LogP contribution in [0, 0.1) is 0 Å². The number of nitrogen functional groups attached to an aromatic ring is 1. The molecule has 1 aromatic rings. The maximum absolute atomic E-state index is 5.89. The van der Waals surface area contributed by atoms with E-state index >= 15 is 0 Å². The maximum atomic E-state index is 5.89. The van der Waals surface area contributed by atoms with E-state index in [9.17, 15) is 0 Å². The van der Waals surface area contributed by atoms with Crippen LogP contribution in [0.25, 0.3) is 0 Å². The summed E-state index contributed by atoms with van der Waals surface area (Å²) in [5.41, 5.74) is 7.74. The molecule has 2 N–H and O–H groups in total. The van der Waals surface area contributed by atoms with Gasteiger partial charge in [-0.15, -0.1) is 0 Å². The average molecular weight is 193 g/mol. The van der Waals surface area contributed by atoms with Crippen molar-refractivity contribution in [1.29, 1.82) is 0 Å². The fourth-order valence-corrected chi connectivity index (χ4v) is 1.56. The number of anilines is 2. The van der Waals surface area contributed by atoms with Crippen molar-refractivity contribution in [3.8, 4) is 0 Å². The van der Waals surface area contributed by atoms with Crippen LogP contribution in [-0.2, 0) is 0 Å². The van der Waals surface area contributed by atoms with Gasteiger partial charge >= 0.3 is 0 Å². The minimum atomic E-state index is 0.472. The van der Waals surface area contributed by atoms with E-state index in [1.54, 1.807) is 12.4 Å². The molecule has 1 aromatic heterocycles. The molecule has 1 heterocycles. The van der Waals surface area contributed by atoms with Crippen molar-refractivity contribution in [2.24, 2.45) is 0 Å². The van der Waals surface area contributed by atoms with Crippen molar-refractivity contribution in [3.05, 3.63) is 18.5 Å². The van der Waals surface area contributed by atoms with Crippen molar-refractivity contribution in [1.82, 2.24) is 4.98 Å². The molecule has 0 saturated heterocycles. The summed E-state index contributed by atoms with van der Waals surface area (Å²) < 4.78 is 0. The molecule has 0 bridgehead atoms. The summed E-state index contributed by atoms with van der Waals surface area (Å²) in [5.74, 6) is 0. The number of rotatable bonds is 4. The number of aromatic nitrogens is 1. The molecule has 0 unspecified atom stereocenters. The third-order valence-electron chi connectivity index (χ3n) is 2.23. The van der Waals surface area contributed by atoms with Crippen molar-refractivity contribution in [2.75, 3.05) is 17.2 Å². The van der Waals surface area contributed by atoms with E-state index in [4.69, 9.17) is 5.73 Å². The summed E-state index contributed by atoms with van der Waals surface area (Å²) >= 11 is 0. The van der Waals surface area contributed by atoms with Crippen LogP contribution in [-0.4, -0.2) is 17.6 Å². The SMILES string of the molecule is CCCN(c1ccncc1N)C(C)C. The molecule has 0 atom stereocenters. The van der Waals surface area contributed by atoms with Gasteiger partial charge in [0.2, 0.25) is 0 Å². The summed E-state index contributed by atoms with van der Waals surface area (Å²) in [7, 11) is 0. The zero-order valence-corrected chi connectivity index (χ0v) is 9.20. The van der Waals surface area contributed by atoms with E-state index < -0.39 is 0 Å². The number of nitrogens with two attached hydrogens (primary N) is 1. The Morgan fingerprint density at radius 3 is 2.71 bits per heavy atom. The van der Waals surface area contributed by atoms with Crippen LogP contribution in [0.3, 0.4) is 0 Å². The first-order valence-electron chi connectivity index (χ1n) is 5.13. The highest BCUT2D eigenvalue weighted by Crippen LogP contribution is 2.23. The van der Waals surface area contributed by atoms with Crippen LogP contribution >= 0.6 is 0 Å². The van der Waals surface area contributed by atoms with Crippen molar-refractivity contribution in [2.45, 2.75) is 33.2 Å². The average Bonchev–Trinajstić information content (AvgIpc) is 2.15.